The van der Waals surface area contributed by atoms with Crippen molar-refractivity contribution in [1.82, 2.24) is 4.57 Å². The van der Waals surface area contributed by atoms with Gasteiger partial charge in [0.25, 0.3) is 11.2 Å². The second-order valence-electron chi connectivity index (χ2n) is 8.82. The molecule has 0 fully saturated rings. The Morgan fingerprint density at radius 3 is 2.61 bits per heavy atom. The Bertz CT molecular complexity index is 1910. The van der Waals surface area contributed by atoms with E-state index in [2.05, 4.69) is 4.99 Å². The summed E-state index contributed by atoms with van der Waals surface area (Å²) >= 11 is 15.1. The van der Waals surface area contributed by atoms with Crippen molar-refractivity contribution in [3.8, 4) is 11.3 Å². The third-order valence-electron chi connectivity index (χ3n) is 6.35. The minimum atomic E-state index is -0.725. The van der Waals surface area contributed by atoms with Gasteiger partial charge in [-0.2, -0.15) is 0 Å². The van der Waals surface area contributed by atoms with Crippen LogP contribution < -0.4 is 14.9 Å². The molecule has 9 nitrogen and oxygen atoms in total. The van der Waals surface area contributed by atoms with Crippen molar-refractivity contribution < 1.29 is 18.9 Å². The molecule has 2 aromatic carbocycles. The van der Waals surface area contributed by atoms with Crippen LogP contribution in [0.1, 0.15) is 31.2 Å². The lowest BCUT2D eigenvalue weighted by Crippen LogP contribution is -2.39. The van der Waals surface area contributed by atoms with Crippen LogP contribution in [-0.4, -0.2) is 28.3 Å². The number of rotatable bonds is 7. The van der Waals surface area contributed by atoms with E-state index < -0.39 is 16.9 Å². The zero-order chi connectivity index (χ0) is 29.4. The minimum absolute atomic E-state index is 0.0843. The molecule has 13 heteroatoms. The highest BCUT2D eigenvalue weighted by molar-refractivity contribution is 7.98. The number of benzene rings is 2. The van der Waals surface area contributed by atoms with Crippen LogP contribution in [0, 0.1) is 10.1 Å². The van der Waals surface area contributed by atoms with E-state index in [0.29, 0.717) is 37.7 Å². The van der Waals surface area contributed by atoms with Crippen LogP contribution in [0.2, 0.25) is 10.0 Å². The summed E-state index contributed by atoms with van der Waals surface area (Å²) in [5.74, 6) is 0.132. The van der Waals surface area contributed by atoms with E-state index in [4.69, 9.17) is 32.4 Å². The Morgan fingerprint density at radius 2 is 1.95 bits per heavy atom. The van der Waals surface area contributed by atoms with Crippen LogP contribution in [-0.2, 0) is 9.53 Å². The summed E-state index contributed by atoms with van der Waals surface area (Å²) in [6.45, 7) is 3.63. The highest BCUT2D eigenvalue weighted by Crippen LogP contribution is 2.37. The van der Waals surface area contributed by atoms with Gasteiger partial charge in [0.15, 0.2) is 4.80 Å². The molecule has 4 aromatic rings. The van der Waals surface area contributed by atoms with Crippen molar-refractivity contribution >= 4 is 64.0 Å². The van der Waals surface area contributed by atoms with E-state index in [1.165, 1.54) is 22.0 Å². The third-order valence-corrected chi connectivity index (χ3v) is 8.69. The van der Waals surface area contributed by atoms with Gasteiger partial charge in [-0.25, -0.2) is 9.79 Å². The van der Waals surface area contributed by atoms with E-state index in [1.54, 1.807) is 43.8 Å². The number of halogens is 2. The lowest BCUT2D eigenvalue weighted by molar-refractivity contribution is -0.384. The number of thioether (sulfide) groups is 1. The van der Waals surface area contributed by atoms with E-state index in [9.17, 15) is 19.7 Å². The van der Waals surface area contributed by atoms with Crippen LogP contribution in [0.15, 0.2) is 78.9 Å². The van der Waals surface area contributed by atoms with E-state index in [1.807, 2.05) is 30.5 Å². The molecule has 41 heavy (non-hydrogen) atoms. The van der Waals surface area contributed by atoms with Gasteiger partial charge in [0, 0.05) is 22.6 Å². The van der Waals surface area contributed by atoms with Gasteiger partial charge in [0.2, 0.25) is 0 Å². The van der Waals surface area contributed by atoms with Crippen molar-refractivity contribution in [2.45, 2.75) is 24.8 Å². The summed E-state index contributed by atoms with van der Waals surface area (Å²) in [7, 11) is 0. The summed E-state index contributed by atoms with van der Waals surface area (Å²) in [6, 6.07) is 12.7. The maximum absolute atomic E-state index is 13.8. The molecule has 1 aliphatic rings. The average molecular weight is 631 g/mol. The van der Waals surface area contributed by atoms with E-state index in [-0.39, 0.29) is 27.9 Å². The largest absolute Gasteiger partial charge is 0.463 e. The highest BCUT2D eigenvalue weighted by Gasteiger charge is 2.33. The summed E-state index contributed by atoms with van der Waals surface area (Å²) in [6.07, 6.45) is 3.54. The molecule has 5 rings (SSSR count). The summed E-state index contributed by atoms with van der Waals surface area (Å²) in [5.41, 5.74) is 1.22. The van der Waals surface area contributed by atoms with Gasteiger partial charge in [-0.05, 0) is 56.0 Å². The predicted octanol–water partition coefficient (Wildman–Crippen LogP) is 6.00. The fraction of sp³-hybridized carbons (Fsp3) is 0.179. The summed E-state index contributed by atoms with van der Waals surface area (Å²) in [4.78, 5) is 43.4. The highest BCUT2D eigenvalue weighted by atomic mass is 35.5. The molecule has 0 spiro atoms. The molecule has 2 aromatic heterocycles. The van der Waals surface area contributed by atoms with E-state index >= 15 is 0 Å². The third kappa shape index (κ3) is 5.50. The number of aromatic nitrogens is 1. The predicted molar refractivity (Wildman–Crippen MR) is 159 cm³/mol. The zero-order valence-electron chi connectivity index (χ0n) is 21.8. The van der Waals surface area contributed by atoms with Gasteiger partial charge in [0.1, 0.15) is 16.5 Å². The molecule has 3 heterocycles. The van der Waals surface area contributed by atoms with Crippen LogP contribution in [0.5, 0.6) is 0 Å². The minimum Gasteiger partial charge on any atom is -0.463 e. The number of thiazole rings is 1. The maximum atomic E-state index is 13.8. The zero-order valence-corrected chi connectivity index (χ0v) is 25.0. The molecular weight excluding hydrogens is 609 g/mol. The SMILES string of the molecule is CCOC(=O)C1=C(C)N=c2s/c(=C/c3ccc(-c4cc(Cl)c([N+](=O)[O-])cc4Cl)o3)c(=O)n2C1c1ccc(SC)cc1. The monoisotopic (exact) mass is 629 g/mol. The van der Waals surface area contributed by atoms with E-state index in [0.717, 1.165) is 16.5 Å². The molecule has 0 aliphatic carbocycles. The molecule has 0 radical (unpaired) electrons. The normalized spacial score (nSPS) is 15.0. The Labute approximate surface area is 251 Å². The van der Waals surface area contributed by atoms with Crippen molar-refractivity contribution in [2.24, 2.45) is 4.99 Å². The number of ether oxygens (including phenoxy) is 1. The molecule has 0 N–H and O–H groups in total. The molecule has 1 atom stereocenters. The number of fused-ring (bicyclic) bond motifs is 1. The lowest BCUT2D eigenvalue weighted by Gasteiger charge is -2.24. The summed E-state index contributed by atoms with van der Waals surface area (Å²) < 4.78 is 13.1. The van der Waals surface area contributed by atoms with Crippen molar-refractivity contribution in [3.63, 3.8) is 0 Å². The quantitative estimate of drug-likeness (QED) is 0.107. The number of furan rings is 1. The number of hydrogen-bond donors (Lipinski definition) is 0. The fourth-order valence-corrected chi connectivity index (χ4v) is 6.38. The Morgan fingerprint density at radius 1 is 1.22 bits per heavy atom. The van der Waals surface area contributed by atoms with Gasteiger partial charge in [-0.3, -0.25) is 19.5 Å². The second kappa shape index (κ2) is 11.7. The van der Waals surface area contributed by atoms with Crippen molar-refractivity contribution in [2.75, 3.05) is 12.9 Å². The standard InChI is InChI=1S/C28H21Cl2N3O6S2/c1-4-38-27(35)24-14(2)31-28-32(25(24)15-5-8-17(40-3)9-6-15)26(34)23(41-28)11-16-7-10-22(39-16)18-12-20(30)21(33(36)37)13-19(18)29/h5-13,25H,4H2,1-3H3/b23-11+. The maximum Gasteiger partial charge on any atom is 0.338 e. The lowest BCUT2D eigenvalue weighted by atomic mass is 9.96. The number of hydrogen-bond acceptors (Lipinski definition) is 9. The molecule has 210 valence electrons. The number of nitro benzene ring substituents is 1. The number of nitro groups is 1. The number of allylic oxidation sites excluding steroid dienone is 1. The first-order chi connectivity index (χ1) is 19.6. The number of nitrogens with zero attached hydrogens (tertiary/aromatic N) is 3. The van der Waals surface area contributed by atoms with Gasteiger partial charge in [-0.1, -0.05) is 46.7 Å². The number of carbonyl (C=O) groups is 1. The average Bonchev–Trinajstić information content (AvgIpc) is 3.53. The molecule has 0 bridgehead atoms. The fourth-order valence-electron chi connectivity index (χ4n) is 4.46. The molecule has 0 saturated heterocycles. The molecular formula is C28H21Cl2N3O6S2. The van der Waals surface area contributed by atoms with Gasteiger partial charge in [0.05, 0.1) is 38.4 Å². The van der Waals surface area contributed by atoms with Crippen LogP contribution in [0.25, 0.3) is 17.4 Å². The Kier molecular flexibility index (Phi) is 8.23. The van der Waals surface area contributed by atoms with Gasteiger partial charge >= 0.3 is 5.97 Å². The smallest absolute Gasteiger partial charge is 0.338 e. The van der Waals surface area contributed by atoms with Crippen molar-refractivity contribution in [3.05, 3.63) is 111 Å². The van der Waals surface area contributed by atoms with Crippen LogP contribution in [0.3, 0.4) is 0 Å². The molecule has 0 amide bonds. The van der Waals surface area contributed by atoms with Crippen molar-refractivity contribution in [1.29, 1.82) is 0 Å². The van der Waals surface area contributed by atoms with Gasteiger partial charge < -0.3 is 9.15 Å². The second-order valence-corrected chi connectivity index (χ2v) is 11.5. The first kappa shape index (κ1) is 28.9. The Balaban J connectivity index is 1.61. The van der Waals surface area contributed by atoms with Crippen LogP contribution >= 0.6 is 46.3 Å². The molecule has 0 saturated carbocycles. The molecule has 1 aliphatic heterocycles. The number of esters is 1. The molecule has 1 unspecified atom stereocenters. The first-order valence-electron chi connectivity index (χ1n) is 12.2. The first-order valence-corrected chi connectivity index (χ1v) is 15.0. The number of carbonyl (C=O) groups excluding carboxylic acids is 1. The van der Waals surface area contributed by atoms with Gasteiger partial charge in [-0.15, -0.1) is 11.8 Å². The summed E-state index contributed by atoms with van der Waals surface area (Å²) in [5, 5.41) is 11.2. The van der Waals surface area contributed by atoms with Crippen LogP contribution in [0.4, 0.5) is 5.69 Å². The topological polar surface area (TPSA) is 117 Å². The Hall–Kier alpha value is -3.64.